The molecule has 0 aliphatic rings. The van der Waals surface area contributed by atoms with Crippen molar-refractivity contribution in [1.82, 2.24) is 4.98 Å². The van der Waals surface area contributed by atoms with Crippen LogP contribution in [0.5, 0.6) is 0 Å². The van der Waals surface area contributed by atoms with E-state index in [4.69, 9.17) is 9.84 Å². The van der Waals surface area contributed by atoms with Crippen LogP contribution >= 0.6 is 11.3 Å². The maximum Gasteiger partial charge on any atom is 0.413 e. The number of hydrogen-bond acceptors (Lipinski definition) is 5. The van der Waals surface area contributed by atoms with Gasteiger partial charge in [0.1, 0.15) is 12.0 Å². The van der Waals surface area contributed by atoms with Gasteiger partial charge in [0.05, 0.1) is 5.69 Å². The number of carbonyl (C=O) groups is 2. The van der Waals surface area contributed by atoms with Gasteiger partial charge in [0.15, 0.2) is 5.13 Å². The van der Waals surface area contributed by atoms with E-state index in [2.05, 4.69) is 16.9 Å². The molecule has 0 spiro atoms. The molecule has 0 atom stereocenters. The molecule has 1 heterocycles. The zero-order valence-corrected chi connectivity index (χ0v) is 10.9. The van der Waals surface area contributed by atoms with Crippen LogP contribution in [0.15, 0.2) is 18.0 Å². The lowest BCUT2D eigenvalue weighted by molar-refractivity contribution is -0.142. The summed E-state index contributed by atoms with van der Waals surface area (Å²) in [6, 6.07) is 0. The Morgan fingerprint density at radius 3 is 2.89 bits per heavy atom. The Balaban J connectivity index is 2.72. The molecule has 6 nitrogen and oxygen atoms in total. The monoisotopic (exact) mass is 270 g/mol. The van der Waals surface area contributed by atoms with Gasteiger partial charge in [-0.1, -0.05) is 12.7 Å². The SMILES string of the molecule is C=CCOC(=O)Nc1nc(C(C)(C)C(=O)O)cs1. The highest BCUT2D eigenvalue weighted by atomic mass is 32.1. The van der Waals surface area contributed by atoms with E-state index < -0.39 is 17.5 Å². The van der Waals surface area contributed by atoms with Gasteiger partial charge in [0.2, 0.25) is 0 Å². The summed E-state index contributed by atoms with van der Waals surface area (Å²) >= 11 is 1.14. The van der Waals surface area contributed by atoms with Gasteiger partial charge in [-0.2, -0.15) is 0 Å². The molecule has 0 saturated heterocycles. The lowest BCUT2D eigenvalue weighted by Crippen LogP contribution is -2.28. The number of nitrogens with one attached hydrogen (secondary N) is 1. The van der Waals surface area contributed by atoms with Crippen LogP contribution in [0, 0.1) is 0 Å². The normalized spacial score (nSPS) is 10.8. The van der Waals surface area contributed by atoms with E-state index in [1.807, 2.05) is 0 Å². The zero-order chi connectivity index (χ0) is 13.8. The van der Waals surface area contributed by atoms with Gasteiger partial charge < -0.3 is 9.84 Å². The molecule has 0 aromatic carbocycles. The molecule has 1 aromatic rings. The van der Waals surface area contributed by atoms with E-state index >= 15 is 0 Å². The minimum atomic E-state index is -1.10. The van der Waals surface area contributed by atoms with Crippen LogP contribution in [0.3, 0.4) is 0 Å². The molecule has 98 valence electrons. The topological polar surface area (TPSA) is 88.5 Å². The highest BCUT2D eigenvalue weighted by Gasteiger charge is 2.32. The molecule has 18 heavy (non-hydrogen) atoms. The first-order valence-corrected chi connectivity index (χ1v) is 6.00. The molecular formula is C11H14N2O4S. The zero-order valence-electron chi connectivity index (χ0n) is 10.1. The maximum absolute atomic E-state index is 11.2. The van der Waals surface area contributed by atoms with Crippen LogP contribution in [0.25, 0.3) is 0 Å². The molecule has 1 amide bonds. The Bertz CT molecular complexity index is 467. The molecule has 1 aromatic heterocycles. The Labute approximate surface area is 108 Å². The molecule has 1 rings (SSSR count). The third-order valence-electron chi connectivity index (χ3n) is 2.22. The van der Waals surface area contributed by atoms with E-state index in [1.54, 1.807) is 19.2 Å². The second-order valence-electron chi connectivity index (χ2n) is 3.98. The maximum atomic E-state index is 11.2. The van der Waals surface area contributed by atoms with Crippen LogP contribution in [0.4, 0.5) is 9.93 Å². The quantitative estimate of drug-likeness (QED) is 0.801. The number of carboxylic acid groups (broad SMARTS) is 1. The van der Waals surface area contributed by atoms with E-state index in [0.717, 1.165) is 11.3 Å². The molecule has 2 N–H and O–H groups in total. The van der Waals surface area contributed by atoms with Gasteiger partial charge in [0.25, 0.3) is 0 Å². The minimum Gasteiger partial charge on any atom is -0.481 e. The summed E-state index contributed by atoms with van der Waals surface area (Å²) in [7, 11) is 0. The first-order chi connectivity index (χ1) is 8.37. The standard InChI is InChI=1S/C11H14N2O4S/c1-4-5-17-10(16)13-9-12-7(6-18-9)11(2,3)8(14)15/h4,6H,1,5H2,2-3H3,(H,14,15)(H,12,13,16). The molecule has 0 fully saturated rings. The largest absolute Gasteiger partial charge is 0.481 e. The van der Waals surface area contributed by atoms with Crippen molar-refractivity contribution in [1.29, 1.82) is 0 Å². The fraction of sp³-hybridized carbons (Fsp3) is 0.364. The molecule has 0 radical (unpaired) electrons. The number of aliphatic carboxylic acids is 1. The summed E-state index contributed by atoms with van der Waals surface area (Å²) in [5.41, 5.74) is -0.708. The number of anilines is 1. The van der Waals surface area contributed by atoms with E-state index in [1.165, 1.54) is 6.08 Å². The molecule has 0 aliphatic carbocycles. The smallest absolute Gasteiger partial charge is 0.413 e. The molecule has 7 heteroatoms. The lowest BCUT2D eigenvalue weighted by atomic mass is 9.90. The molecular weight excluding hydrogens is 256 g/mol. The van der Waals surface area contributed by atoms with Crippen molar-refractivity contribution in [3.63, 3.8) is 0 Å². The highest BCUT2D eigenvalue weighted by molar-refractivity contribution is 7.13. The number of hydrogen-bond donors (Lipinski definition) is 2. The Morgan fingerprint density at radius 2 is 2.33 bits per heavy atom. The highest BCUT2D eigenvalue weighted by Crippen LogP contribution is 2.27. The fourth-order valence-corrected chi connectivity index (χ4v) is 1.85. The third kappa shape index (κ3) is 3.30. The second kappa shape index (κ2) is 5.63. The van der Waals surface area contributed by atoms with Crippen molar-refractivity contribution in [2.75, 3.05) is 11.9 Å². The van der Waals surface area contributed by atoms with Crippen molar-refractivity contribution in [2.24, 2.45) is 0 Å². The van der Waals surface area contributed by atoms with Crippen molar-refractivity contribution < 1.29 is 19.4 Å². The van der Waals surface area contributed by atoms with Crippen LogP contribution in [-0.4, -0.2) is 28.8 Å². The number of nitrogens with zero attached hydrogens (tertiary/aromatic N) is 1. The summed E-state index contributed by atoms with van der Waals surface area (Å²) < 4.78 is 4.72. The number of carbonyl (C=O) groups excluding carboxylic acids is 1. The molecule has 0 saturated carbocycles. The van der Waals surface area contributed by atoms with Crippen LogP contribution < -0.4 is 5.32 Å². The summed E-state index contributed by atoms with van der Waals surface area (Å²) in [6.45, 7) is 6.61. The lowest BCUT2D eigenvalue weighted by Gasteiger charge is -2.15. The molecule has 0 aliphatic heterocycles. The van der Waals surface area contributed by atoms with Gasteiger partial charge >= 0.3 is 12.1 Å². The average molecular weight is 270 g/mol. The van der Waals surface area contributed by atoms with Crippen molar-refractivity contribution >= 4 is 28.5 Å². The number of carboxylic acids is 1. The van der Waals surface area contributed by atoms with Crippen LogP contribution in [0.2, 0.25) is 0 Å². The van der Waals surface area contributed by atoms with Crippen molar-refractivity contribution in [3.8, 4) is 0 Å². The number of ether oxygens (including phenoxy) is 1. The first kappa shape index (κ1) is 14.2. The first-order valence-electron chi connectivity index (χ1n) is 5.12. The number of thiazole rings is 1. The summed E-state index contributed by atoms with van der Waals surface area (Å²) in [5.74, 6) is -0.978. The molecule has 0 bridgehead atoms. The van der Waals surface area contributed by atoms with E-state index in [-0.39, 0.29) is 6.61 Å². The summed E-state index contributed by atoms with van der Waals surface area (Å²) in [4.78, 5) is 26.3. The van der Waals surface area contributed by atoms with E-state index in [0.29, 0.717) is 10.8 Å². The van der Waals surface area contributed by atoms with Crippen LogP contribution in [-0.2, 0) is 14.9 Å². The summed E-state index contributed by atoms with van der Waals surface area (Å²) in [5, 5.41) is 13.4. The fourth-order valence-electron chi connectivity index (χ4n) is 0.986. The van der Waals surface area contributed by atoms with Crippen molar-refractivity contribution in [3.05, 3.63) is 23.7 Å². The minimum absolute atomic E-state index is 0.102. The van der Waals surface area contributed by atoms with Gasteiger partial charge in [-0.15, -0.1) is 11.3 Å². The van der Waals surface area contributed by atoms with Gasteiger partial charge in [-0.3, -0.25) is 10.1 Å². The van der Waals surface area contributed by atoms with E-state index in [9.17, 15) is 9.59 Å². The number of aromatic nitrogens is 1. The summed E-state index contributed by atoms with van der Waals surface area (Å²) in [6.07, 6.45) is 0.796. The number of amides is 1. The Kier molecular flexibility index (Phi) is 4.43. The predicted octanol–water partition coefficient (Wildman–Crippen LogP) is 2.24. The molecule has 0 unspecified atom stereocenters. The Morgan fingerprint density at radius 1 is 1.67 bits per heavy atom. The van der Waals surface area contributed by atoms with Gasteiger partial charge in [0, 0.05) is 5.38 Å². The average Bonchev–Trinajstić information content (AvgIpc) is 2.75. The third-order valence-corrected chi connectivity index (χ3v) is 2.98. The van der Waals surface area contributed by atoms with Crippen molar-refractivity contribution in [2.45, 2.75) is 19.3 Å². The Hall–Kier alpha value is -1.89. The van der Waals surface area contributed by atoms with Gasteiger partial charge in [-0.25, -0.2) is 9.78 Å². The second-order valence-corrected chi connectivity index (χ2v) is 4.84. The van der Waals surface area contributed by atoms with Gasteiger partial charge in [-0.05, 0) is 13.8 Å². The number of rotatable bonds is 5. The predicted molar refractivity (Wildman–Crippen MR) is 67.9 cm³/mol. The van der Waals surface area contributed by atoms with Crippen LogP contribution in [0.1, 0.15) is 19.5 Å².